The van der Waals surface area contributed by atoms with Gasteiger partial charge in [-0.1, -0.05) is 38.1 Å². The van der Waals surface area contributed by atoms with Crippen LogP contribution in [0.1, 0.15) is 61.3 Å². The fourth-order valence-corrected chi connectivity index (χ4v) is 10.9. The Labute approximate surface area is 433 Å². The molecule has 19 nitrogen and oxygen atoms in total. The third-order valence-electron chi connectivity index (χ3n) is 12.2. The monoisotopic (exact) mass is 1040 g/mol. The summed E-state index contributed by atoms with van der Waals surface area (Å²) in [6.07, 6.45) is 2.27. The van der Waals surface area contributed by atoms with Gasteiger partial charge in [0.05, 0.1) is 60.0 Å². The van der Waals surface area contributed by atoms with Gasteiger partial charge in [-0.2, -0.15) is 31.7 Å². The minimum absolute atomic E-state index is 0.0917. The zero-order valence-electron chi connectivity index (χ0n) is 42.6. The van der Waals surface area contributed by atoms with E-state index in [0.717, 1.165) is 80.7 Å². The number of anilines is 4. The van der Waals surface area contributed by atoms with Crippen molar-refractivity contribution in [2.24, 2.45) is 0 Å². The molecule has 0 aliphatic carbocycles. The highest BCUT2D eigenvalue weighted by Crippen LogP contribution is 2.37. The molecule has 4 aliphatic heterocycles. The van der Waals surface area contributed by atoms with E-state index in [1.807, 2.05) is 85.1 Å². The zero-order valence-corrected chi connectivity index (χ0v) is 44.3. The Bertz CT molecular complexity index is 2850. The number of thioether (sulfide) groups is 1. The molecule has 0 radical (unpaired) electrons. The van der Waals surface area contributed by atoms with Crippen molar-refractivity contribution >= 4 is 80.0 Å². The molecule has 10 rings (SSSR count). The van der Waals surface area contributed by atoms with Crippen molar-refractivity contribution in [1.29, 1.82) is 0 Å². The molecule has 390 valence electrons. The minimum atomic E-state index is -0.815. The molecule has 0 atom stereocenters. The quantitative estimate of drug-likeness (QED) is 0.106. The number of rotatable bonds is 12. The molecule has 4 fully saturated rings. The predicted octanol–water partition coefficient (Wildman–Crippen LogP) is 5.79. The Balaban J connectivity index is 0.000000175. The maximum absolute atomic E-state index is 12.0. The second-order valence-electron chi connectivity index (χ2n) is 17.8. The lowest BCUT2D eigenvalue weighted by atomic mass is 10.1. The number of nitrogens with zero attached hydrogens (tertiary/aromatic N) is 8. The zero-order chi connectivity index (χ0) is 52.0. The first-order chi connectivity index (χ1) is 35.4. The van der Waals surface area contributed by atoms with E-state index < -0.39 is 10.8 Å². The molecule has 0 saturated carbocycles. The average molecular weight is 1040 g/mol. The van der Waals surface area contributed by atoms with Crippen LogP contribution in [0.4, 0.5) is 23.5 Å². The van der Waals surface area contributed by atoms with Crippen LogP contribution in [0.25, 0.3) is 44.6 Å². The summed E-state index contributed by atoms with van der Waals surface area (Å²) in [6.45, 7) is 15.7. The van der Waals surface area contributed by atoms with Crippen molar-refractivity contribution in [1.82, 2.24) is 40.5 Å². The maximum Gasteiger partial charge on any atom is 0.251 e. The van der Waals surface area contributed by atoms with Gasteiger partial charge in [-0.15, -0.1) is 0 Å². The van der Waals surface area contributed by atoms with Crippen LogP contribution in [-0.2, 0) is 29.7 Å². The van der Waals surface area contributed by atoms with Crippen LogP contribution in [0, 0.1) is 0 Å². The lowest BCUT2D eigenvalue weighted by Crippen LogP contribution is -2.64. The summed E-state index contributed by atoms with van der Waals surface area (Å²) < 4.78 is 33.5. The van der Waals surface area contributed by atoms with E-state index in [0.29, 0.717) is 100 Å². The Morgan fingerprint density at radius 2 is 1.11 bits per heavy atom. The van der Waals surface area contributed by atoms with Crippen LogP contribution >= 0.6 is 11.8 Å². The topological polar surface area (TPSA) is 248 Å². The number of carbonyl (C=O) groups is 2. The van der Waals surface area contributed by atoms with Gasteiger partial charge in [-0.05, 0) is 75.2 Å². The fourth-order valence-electron chi connectivity index (χ4n) is 8.41. The van der Waals surface area contributed by atoms with Crippen molar-refractivity contribution < 1.29 is 32.7 Å². The molecular weight excluding hydrogens is 969 g/mol. The molecule has 0 bridgehead atoms. The van der Waals surface area contributed by atoms with E-state index in [4.69, 9.17) is 45.4 Å². The van der Waals surface area contributed by atoms with Gasteiger partial charge in [-0.3, -0.25) is 13.8 Å². The van der Waals surface area contributed by atoms with Crippen LogP contribution in [0.3, 0.4) is 0 Å². The number of hydrogen-bond donors (Lipinski definition) is 4. The average Bonchev–Trinajstić information content (AvgIpc) is 3.41. The van der Waals surface area contributed by atoms with Crippen molar-refractivity contribution in [3.05, 3.63) is 83.9 Å². The summed E-state index contributed by atoms with van der Waals surface area (Å²) in [5, 5.41) is 6.66. The molecule has 21 heteroatoms. The molecule has 6 N–H and O–H groups in total. The molecule has 6 aromatic rings. The van der Waals surface area contributed by atoms with E-state index in [-0.39, 0.29) is 23.0 Å². The third kappa shape index (κ3) is 13.7. The van der Waals surface area contributed by atoms with E-state index in [1.165, 1.54) is 0 Å². The summed E-state index contributed by atoms with van der Waals surface area (Å²) >= 11 is 1.89. The van der Waals surface area contributed by atoms with Crippen LogP contribution in [-0.4, -0.2) is 160 Å². The predicted molar refractivity (Wildman–Crippen MR) is 292 cm³/mol. The summed E-state index contributed by atoms with van der Waals surface area (Å²) in [5.74, 6) is 4.63. The Morgan fingerprint density at radius 3 is 1.49 bits per heavy atom. The van der Waals surface area contributed by atoms with Crippen LogP contribution in [0.2, 0.25) is 0 Å². The summed E-state index contributed by atoms with van der Waals surface area (Å²) in [6, 6.07) is 22.1. The number of ether oxygens (including phenoxy) is 4. The largest absolute Gasteiger partial charge is 0.383 e. The Morgan fingerprint density at radius 1 is 0.658 bits per heavy atom. The van der Waals surface area contributed by atoms with Gasteiger partial charge in [0.2, 0.25) is 11.9 Å². The lowest BCUT2D eigenvalue weighted by Gasteiger charge is -2.47. The second kappa shape index (κ2) is 25.7. The van der Waals surface area contributed by atoms with Gasteiger partial charge >= 0.3 is 0 Å². The number of nitrogens with two attached hydrogens (primary N) is 2. The smallest absolute Gasteiger partial charge is 0.251 e. The highest BCUT2D eigenvalue weighted by molar-refractivity contribution is 8.00. The van der Waals surface area contributed by atoms with Gasteiger partial charge in [0.15, 0.2) is 11.3 Å². The molecule has 2 amide bonds. The first-order valence-corrected chi connectivity index (χ1v) is 27.4. The van der Waals surface area contributed by atoms with Crippen LogP contribution in [0.15, 0.2) is 72.8 Å². The number of hydrogen-bond acceptors (Lipinski definition) is 18. The Hall–Kier alpha value is -6.10. The minimum Gasteiger partial charge on any atom is -0.383 e. The summed E-state index contributed by atoms with van der Waals surface area (Å²) in [4.78, 5) is 56.0. The third-order valence-corrected chi connectivity index (χ3v) is 15.4. The molecular formula is C52H68N12O7S2. The highest BCUT2D eigenvalue weighted by Gasteiger charge is 2.48. The van der Waals surface area contributed by atoms with Gasteiger partial charge in [0.1, 0.15) is 22.8 Å². The molecule has 4 saturated heterocycles. The van der Waals surface area contributed by atoms with E-state index >= 15 is 0 Å². The molecule has 4 aromatic heterocycles. The summed E-state index contributed by atoms with van der Waals surface area (Å²) in [5.41, 5.74) is 17.2. The van der Waals surface area contributed by atoms with Gasteiger partial charge in [0, 0.05) is 98.2 Å². The lowest BCUT2D eigenvalue weighted by molar-refractivity contribution is -0.0313. The van der Waals surface area contributed by atoms with Gasteiger partial charge < -0.3 is 50.8 Å². The molecule has 4 aliphatic rings. The maximum atomic E-state index is 12.0. The van der Waals surface area contributed by atoms with Crippen molar-refractivity contribution in [2.45, 2.75) is 51.7 Å². The van der Waals surface area contributed by atoms with Crippen molar-refractivity contribution in [3.8, 4) is 22.5 Å². The van der Waals surface area contributed by atoms with Crippen molar-refractivity contribution in [2.75, 3.05) is 124 Å². The van der Waals surface area contributed by atoms with Crippen LogP contribution < -0.4 is 31.9 Å². The van der Waals surface area contributed by atoms with Gasteiger partial charge in [0.25, 0.3) is 11.8 Å². The second-order valence-corrected chi connectivity index (χ2v) is 20.2. The number of amides is 2. The molecule has 8 heterocycles. The van der Waals surface area contributed by atoms with E-state index in [2.05, 4.69) is 44.3 Å². The number of pyridine rings is 2. The van der Waals surface area contributed by atoms with Gasteiger partial charge in [-0.25, -0.2) is 9.97 Å². The number of nitrogen functional groups attached to an aromatic ring is 2. The number of benzene rings is 2. The normalized spacial score (nSPS) is 18.5. The van der Waals surface area contributed by atoms with E-state index in [1.54, 1.807) is 32.3 Å². The standard InChI is InChI=1S/C21H22N6O3S.C21H22N6O2S.2C5H12O/c1-23-19(28)14-4-2-3-13(9-14)16-6-5-15-17(22)25-20(26-18(15)24-16)27-7-8-30-21(10-27)11-31(29)12-21;1-23-19(28)14-4-2-3-13(9-14)16-6-5-15-17(22)25-20(26-18(15)24-16)27-7-8-29-21(10-27)11-30-12-21;2*1-3-5-6-4-2/h2-6,9H,7-8,10-12H2,1H3,(H,23,28)(H2,22,24,25,26);2-6,9H,7-8,10-12H2,1H3,(H,23,28)(H2,22,24,25,26);2*3-5H2,1-2H3. The molecule has 2 spiro atoms. The number of morpholine rings is 2. The van der Waals surface area contributed by atoms with Crippen molar-refractivity contribution in [3.63, 3.8) is 0 Å². The molecule has 0 unspecified atom stereocenters. The number of nitrogens with one attached hydrogen (secondary N) is 2. The molecule has 73 heavy (non-hydrogen) atoms. The number of aromatic nitrogens is 6. The number of carbonyl (C=O) groups excluding carboxylic acids is 2. The fraction of sp³-hybridized carbons (Fsp3) is 0.462. The summed E-state index contributed by atoms with van der Waals surface area (Å²) in [7, 11) is 2.40. The van der Waals surface area contributed by atoms with E-state index in [9.17, 15) is 13.8 Å². The number of fused-ring (bicyclic) bond motifs is 2. The Kier molecular flexibility index (Phi) is 19.3. The first kappa shape index (κ1) is 54.7. The first-order valence-electron chi connectivity index (χ1n) is 24.8. The highest BCUT2D eigenvalue weighted by atomic mass is 32.2. The SMILES string of the molecule is CCCOCC.CCCOCC.CNC(=O)c1cccc(-c2ccc3c(N)nc(N4CCOC5(C4)CS(=O)C5)nc3n2)c1.CNC(=O)c1cccc(-c2ccc3c(N)nc(N4CCOC5(CSC5)C4)nc3n2)c1. The van der Waals surface area contributed by atoms with Crippen LogP contribution in [0.5, 0.6) is 0 Å². The molecule has 2 aromatic carbocycles.